The molecule has 2 heterocycles. The Labute approximate surface area is 167 Å². The van der Waals surface area contributed by atoms with E-state index in [-0.39, 0.29) is 43.5 Å². The van der Waals surface area contributed by atoms with Crippen LogP contribution in [0.1, 0.15) is 24.8 Å². The summed E-state index contributed by atoms with van der Waals surface area (Å²) in [5.41, 5.74) is 2.27. The van der Waals surface area contributed by atoms with E-state index in [1.165, 1.54) is 0 Å². The second kappa shape index (κ2) is 7.50. The number of hydrogen-bond donors (Lipinski definition) is 0. The summed E-state index contributed by atoms with van der Waals surface area (Å²) in [5, 5.41) is 0. The van der Waals surface area contributed by atoms with Gasteiger partial charge < -0.3 is 9.64 Å². The van der Waals surface area contributed by atoms with Crippen molar-refractivity contribution < 1.29 is 23.9 Å². The summed E-state index contributed by atoms with van der Waals surface area (Å²) in [7, 11) is 0. The van der Waals surface area contributed by atoms with Crippen molar-refractivity contribution in [2.45, 2.75) is 26.2 Å². The van der Waals surface area contributed by atoms with Crippen LogP contribution in [-0.2, 0) is 19.2 Å². The molecule has 0 radical (unpaired) electrons. The number of benzene rings is 2. The van der Waals surface area contributed by atoms with Crippen molar-refractivity contribution in [2.75, 3.05) is 16.3 Å². The number of carbonyl (C=O) groups excluding carboxylic acids is 4. The van der Waals surface area contributed by atoms with Crippen LogP contribution in [0.15, 0.2) is 48.5 Å². The van der Waals surface area contributed by atoms with Gasteiger partial charge in [-0.15, -0.1) is 0 Å². The summed E-state index contributed by atoms with van der Waals surface area (Å²) >= 11 is 0. The van der Waals surface area contributed by atoms with E-state index in [1.807, 2.05) is 31.2 Å². The normalized spacial score (nSPS) is 19.2. The molecule has 2 aliphatic rings. The van der Waals surface area contributed by atoms with Crippen molar-refractivity contribution in [2.24, 2.45) is 5.92 Å². The Kier molecular flexibility index (Phi) is 4.88. The van der Waals surface area contributed by atoms with Gasteiger partial charge in [-0.1, -0.05) is 12.1 Å². The minimum atomic E-state index is -0.551. The molecule has 0 bridgehead atoms. The quantitative estimate of drug-likeness (QED) is 0.454. The molecule has 0 unspecified atom stereocenters. The van der Waals surface area contributed by atoms with E-state index in [1.54, 1.807) is 29.2 Å². The number of esters is 1. The number of anilines is 2. The van der Waals surface area contributed by atoms with Gasteiger partial charge in [0.05, 0.1) is 11.6 Å². The van der Waals surface area contributed by atoms with Crippen LogP contribution in [0.5, 0.6) is 5.75 Å². The second-order valence-electron chi connectivity index (χ2n) is 7.28. The van der Waals surface area contributed by atoms with Crippen molar-refractivity contribution in [3.05, 3.63) is 54.1 Å². The van der Waals surface area contributed by atoms with Gasteiger partial charge in [0.25, 0.3) is 0 Å². The van der Waals surface area contributed by atoms with Crippen LogP contribution >= 0.6 is 0 Å². The lowest BCUT2D eigenvalue weighted by Gasteiger charge is -2.17. The van der Waals surface area contributed by atoms with Crippen molar-refractivity contribution in [1.82, 2.24) is 0 Å². The molecule has 2 aromatic rings. The minimum Gasteiger partial charge on any atom is -0.426 e. The summed E-state index contributed by atoms with van der Waals surface area (Å²) in [6, 6.07) is 13.8. The molecule has 2 fully saturated rings. The molecule has 0 aromatic heterocycles. The third-order valence-electron chi connectivity index (χ3n) is 5.14. The zero-order valence-corrected chi connectivity index (χ0v) is 16.0. The highest BCUT2D eigenvalue weighted by Crippen LogP contribution is 2.28. The first-order valence-corrected chi connectivity index (χ1v) is 9.47. The third-order valence-corrected chi connectivity index (χ3v) is 5.14. The molecule has 4 rings (SSSR count). The van der Waals surface area contributed by atoms with E-state index in [0.29, 0.717) is 11.4 Å². The first-order valence-electron chi connectivity index (χ1n) is 9.47. The average Bonchev–Trinajstić information content (AvgIpc) is 3.25. The Morgan fingerprint density at radius 2 is 1.62 bits per heavy atom. The zero-order chi connectivity index (χ0) is 20.5. The van der Waals surface area contributed by atoms with Crippen molar-refractivity contribution >= 4 is 35.1 Å². The van der Waals surface area contributed by atoms with Crippen LogP contribution in [0.2, 0.25) is 0 Å². The fraction of sp³-hybridized carbons (Fsp3) is 0.273. The number of nitrogens with zero attached hydrogens (tertiary/aromatic N) is 2. The van der Waals surface area contributed by atoms with Gasteiger partial charge in [0, 0.05) is 31.5 Å². The molecule has 0 N–H and O–H groups in total. The van der Waals surface area contributed by atoms with Crippen LogP contribution in [0.25, 0.3) is 0 Å². The van der Waals surface area contributed by atoms with Crippen LogP contribution in [0.3, 0.4) is 0 Å². The standard InChI is InChI=1S/C22H20N2O5/c1-14-3-2-4-17(11-14)23-13-15(12-21(23)27)22(28)29-18-7-5-16(6-8-18)24-19(25)9-10-20(24)26/h2-8,11,15H,9-10,12-13H2,1H3/t15-/m1/s1. The van der Waals surface area contributed by atoms with E-state index >= 15 is 0 Å². The fourth-order valence-electron chi connectivity index (χ4n) is 3.64. The molecular formula is C22H20N2O5. The summed E-state index contributed by atoms with van der Waals surface area (Å²) in [6.07, 6.45) is 0.521. The molecule has 148 valence electrons. The third kappa shape index (κ3) is 3.76. The number of imide groups is 1. The predicted molar refractivity (Wildman–Crippen MR) is 105 cm³/mol. The zero-order valence-electron chi connectivity index (χ0n) is 16.0. The topological polar surface area (TPSA) is 84.0 Å². The monoisotopic (exact) mass is 392 g/mol. The molecule has 0 spiro atoms. The highest BCUT2D eigenvalue weighted by molar-refractivity contribution is 6.19. The molecule has 3 amide bonds. The van der Waals surface area contributed by atoms with E-state index in [4.69, 9.17) is 4.74 Å². The Morgan fingerprint density at radius 1 is 0.931 bits per heavy atom. The van der Waals surface area contributed by atoms with Crippen molar-refractivity contribution in [3.8, 4) is 5.75 Å². The summed E-state index contributed by atoms with van der Waals surface area (Å²) in [4.78, 5) is 51.2. The van der Waals surface area contributed by atoms with Gasteiger partial charge in [0.15, 0.2) is 0 Å². The van der Waals surface area contributed by atoms with Gasteiger partial charge in [-0.05, 0) is 48.9 Å². The molecule has 2 aromatic carbocycles. The van der Waals surface area contributed by atoms with Gasteiger partial charge in [-0.3, -0.25) is 24.1 Å². The fourth-order valence-corrected chi connectivity index (χ4v) is 3.64. The molecule has 7 heteroatoms. The van der Waals surface area contributed by atoms with Gasteiger partial charge in [-0.2, -0.15) is 0 Å². The van der Waals surface area contributed by atoms with E-state index in [0.717, 1.165) is 16.2 Å². The molecular weight excluding hydrogens is 372 g/mol. The van der Waals surface area contributed by atoms with Crippen LogP contribution in [-0.4, -0.2) is 30.2 Å². The Hall–Kier alpha value is -3.48. The molecule has 7 nitrogen and oxygen atoms in total. The van der Waals surface area contributed by atoms with E-state index in [2.05, 4.69) is 0 Å². The predicted octanol–water partition coefficient (Wildman–Crippen LogP) is 2.61. The lowest BCUT2D eigenvalue weighted by molar-refractivity contribution is -0.139. The molecule has 29 heavy (non-hydrogen) atoms. The Balaban J connectivity index is 1.41. The number of aryl methyl sites for hydroxylation is 1. The Morgan fingerprint density at radius 3 is 2.28 bits per heavy atom. The first kappa shape index (κ1) is 18.9. The maximum absolute atomic E-state index is 12.5. The summed E-state index contributed by atoms with van der Waals surface area (Å²) in [6.45, 7) is 2.22. The number of ether oxygens (including phenoxy) is 1. The first-order chi connectivity index (χ1) is 13.9. The highest BCUT2D eigenvalue weighted by atomic mass is 16.5. The van der Waals surface area contributed by atoms with Crippen LogP contribution in [0, 0.1) is 12.8 Å². The smallest absolute Gasteiger partial charge is 0.316 e. The molecule has 2 saturated heterocycles. The molecule has 2 aliphatic heterocycles. The Bertz CT molecular complexity index is 983. The lowest BCUT2D eigenvalue weighted by atomic mass is 10.1. The highest BCUT2D eigenvalue weighted by Gasteiger charge is 2.36. The summed E-state index contributed by atoms with van der Waals surface area (Å²) < 4.78 is 5.42. The van der Waals surface area contributed by atoms with E-state index in [9.17, 15) is 19.2 Å². The van der Waals surface area contributed by atoms with Gasteiger partial charge in [0.2, 0.25) is 17.7 Å². The van der Waals surface area contributed by atoms with Crippen molar-refractivity contribution in [1.29, 1.82) is 0 Å². The van der Waals surface area contributed by atoms with Gasteiger partial charge in [0.1, 0.15) is 5.75 Å². The van der Waals surface area contributed by atoms with Crippen LogP contribution in [0.4, 0.5) is 11.4 Å². The molecule has 1 atom stereocenters. The largest absolute Gasteiger partial charge is 0.426 e. The van der Waals surface area contributed by atoms with E-state index < -0.39 is 11.9 Å². The number of carbonyl (C=O) groups is 4. The number of rotatable bonds is 4. The number of amides is 3. The van der Waals surface area contributed by atoms with Gasteiger partial charge >= 0.3 is 5.97 Å². The SMILES string of the molecule is Cc1cccc(N2C[C@H](C(=O)Oc3ccc(N4C(=O)CCC4=O)cc3)CC2=O)c1. The maximum atomic E-state index is 12.5. The van der Waals surface area contributed by atoms with Crippen molar-refractivity contribution in [3.63, 3.8) is 0 Å². The minimum absolute atomic E-state index is 0.0988. The number of hydrogen-bond acceptors (Lipinski definition) is 5. The summed E-state index contributed by atoms with van der Waals surface area (Å²) in [5.74, 6) is -1.31. The van der Waals surface area contributed by atoms with Gasteiger partial charge in [-0.25, -0.2) is 0 Å². The molecule has 0 saturated carbocycles. The van der Waals surface area contributed by atoms with Crippen LogP contribution < -0.4 is 14.5 Å². The molecule has 0 aliphatic carbocycles. The second-order valence-corrected chi connectivity index (χ2v) is 7.28. The maximum Gasteiger partial charge on any atom is 0.316 e. The lowest BCUT2D eigenvalue weighted by Crippen LogP contribution is -2.28. The average molecular weight is 392 g/mol.